The molecule has 2 nitrogen and oxygen atoms in total. The molecule has 0 aliphatic carbocycles. The van der Waals surface area contributed by atoms with Crippen molar-refractivity contribution in [1.82, 2.24) is 9.13 Å². The third kappa shape index (κ3) is 9.99. The fourth-order valence-electron chi connectivity index (χ4n) is 11.3. The van der Waals surface area contributed by atoms with Gasteiger partial charge in [0.2, 0.25) is 0 Å². The Bertz CT molecular complexity index is 4130. The maximum Gasteiger partial charge on any atom is 0.0541 e. The van der Waals surface area contributed by atoms with Crippen LogP contribution in [0.1, 0.15) is 76.6 Å². The van der Waals surface area contributed by atoms with Crippen LogP contribution in [0.2, 0.25) is 0 Å². The van der Waals surface area contributed by atoms with Gasteiger partial charge in [-0.25, -0.2) is 0 Å². The predicted molar refractivity (Wildman–Crippen MR) is 338 cm³/mol. The third-order valence-electron chi connectivity index (χ3n) is 15.5. The Morgan fingerprint density at radius 3 is 1.23 bits per heavy atom. The molecule has 0 atom stereocenters. The molecule has 0 aliphatic heterocycles. The van der Waals surface area contributed by atoms with E-state index in [-0.39, 0.29) is 5.41 Å². The monoisotopic (exact) mass is 1010 g/mol. The van der Waals surface area contributed by atoms with Gasteiger partial charge in [0.15, 0.2) is 0 Å². The van der Waals surface area contributed by atoms with Gasteiger partial charge < -0.3 is 9.13 Å². The van der Waals surface area contributed by atoms with Gasteiger partial charge in [-0.3, -0.25) is 0 Å². The van der Waals surface area contributed by atoms with E-state index in [1.54, 1.807) is 0 Å². The summed E-state index contributed by atoms with van der Waals surface area (Å²) in [6.07, 6.45) is 6.24. The van der Waals surface area contributed by atoms with Gasteiger partial charge in [0.05, 0.1) is 22.1 Å². The van der Waals surface area contributed by atoms with E-state index in [4.69, 9.17) is 0 Å². The van der Waals surface area contributed by atoms with Gasteiger partial charge in [-0.15, -0.1) is 0 Å². The van der Waals surface area contributed by atoms with E-state index in [9.17, 15) is 0 Å². The molecular weight excluding hydrogens is 941 g/mol. The number of aromatic nitrogens is 2. The van der Waals surface area contributed by atoms with E-state index in [0.29, 0.717) is 5.92 Å². The van der Waals surface area contributed by atoms with Gasteiger partial charge in [0.1, 0.15) is 0 Å². The molecule has 0 saturated carbocycles. The topological polar surface area (TPSA) is 9.86 Å². The zero-order valence-electron chi connectivity index (χ0n) is 46.4. The predicted octanol–water partition coefficient (Wildman–Crippen LogP) is 21.5. The Hall–Kier alpha value is -8.98. The maximum atomic E-state index is 4.10. The molecule has 0 fully saturated rings. The van der Waals surface area contributed by atoms with Gasteiger partial charge >= 0.3 is 0 Å². The van der Waals surface area contributed by atoms with Gasteiger partial charge in [0, 0.05) is 32.9 Å². The summed E-state index contributed by atoms with van der Waals surface area (Å²) in [7, 11) is 0. The lowest BCUT2D eigenvalue weighted by atomic mass is 9.83. The zero-order chi connectivity index (χ0) is 54.1. The summed E-state index contributed by atoms with van der Waals surface area (Å²) in [4.78, 5) is 0. The molecular formula is C76H68N2. The fourth-order valence-corrected chi connectivity index (χ4v) is 11.3. The van der Waals surface area contributed by atoms with Crippen LogP contribution in [0.3, 0.4) is 0 Å². The van der Waals surface area contributed by atoms with Gasteiger partial charge in [-0.1, -0.05) is 217 Å². The van der Waals surface area contributed by atoms with Crippen molar-refractivity contribution < 1.29 is 0 Å². The van der Waals surface area contributed by atoms with E-state index in [0.717, 1.165) is 28.1 Å². The minimum absolute atomic E-state index is 0.261. The van der Waals surface area contributed by atoms with E-state index in [1.165, 1.54) is 105 Å². The van der Waals surface area contributed by atoms with Crippen molar-refractivity contribution in [3.05, 3.63) is 283 Å². The standard InChI is InChI=1S/C62H46N2.C14H22/c1-4-17-54(42(3)5-2)51-31-35-62-58(41-51)57-40-50(45-22-13-8-14-23-45)30-34-61(57)64(62)53-27-16-25-47(37-53)46-24-15-26-52(36-46)63-59-32-28-48(43-18-9-6-10-19-43)38-55(59)56-39-49(29-33-60(56)63)44-20-11-7-12-21-44;1-10(2)13-9-12(14(4,5)6)8-7-11(13)3/h4-41H,2H2,1,3H3;7-10H,1-6H3/b17-4-,54-42+;. The van der Waals surface area contributed by atoms with Crippen molar-refractivity contribution >= 4 is 49.2 Å². The molecule has 10 aromatic carbocycles. The second-order valence-electron chi connectivity index (χ2n) is 22.1. The molecule has 0 spiro atoms. The average molecular weight is 1010 g/mol. The van der Waals surface area contributed by atoms with Gasteiger partial charge in [0.25, 0.3) is 0 Å². The first kappa shape index (κ1) is 51.1. The summed E-state index contributed by atoms with van der Waals surface area (Å²) in [5.74, 6) is 0.622. The van der Waals surface area contributed by atoms with Crippen LogP contribution >= 0.6 is 0 Å². The lowest BCUT2D eigenvalue weighted by Crippen LogP contribution is -2.12. The molecule has 0 unspecified atom stereocenters. The smallest absolute Gasteiger partial charge is 0.0541 e. The van der Waals surface area contributed by atoms with E-state index in [1.807, 2.05) is 6.08 Å². The number of hydrogen-bond acceptors (Lipinski definition) is 0. The minimum Gasteiger partial charge on any atom is -0.309 e. The van der Waals surface area contributed by atoms with Crippen LogP contribution in [0, 0.1) is 6.92 Å². The van der Waals surface area contributed by atoms with E-state index in [2.05, 4.69) is 314 Å². The number of rotatable bonds is 10. The first-order chi connectivity index (χ1) is 37.9. The highest BCUT2D eigenvalue weighted by molar-refractivity contribution is 6.13. The van der Waals surface area contributed by atoms with Crippen LogP contribution in [0.25, 0.3) is 105 Å². The van der Waals surface area contributed by atoms with Crippen molar-refractivity contribution in [3.8, 4) is 55.9 Å². The lowest BCUT2D eigenvalue weighted by molar-refractivity contribution is 0.588. The molecule has 382 valence electrons. The number of nitrogens with zero attached hydrogens (tertiary/aromatic N) is 2. The Labute approximate surface area is 461 Å². The zero-order valence-corrected chi connectivity index (χ0v) is 46.4. The van der Waals surface area contributed by atoms with E-state index >= 15 is 0 Å². The lowest BCUT2D eigenvalue weighted by Gasteiger charge is -2.21. The molecule has 2 heterocycles. The van der Waals surface area contributed by atoms with Crippen molar-refractivity contribution in [1.29, 1.82) is 0 Å². The molecule has 2 aromatic heterocycles. The summed E-state index contributed by atoms with van der Waals surface area (Å²) >= 11 is 0. The Morgan fingerprint density at radius 1 is 0.436 bits per heavy atom. The van der Waals surface area contributed by atoms with Crippen molar-refractivity contribution in [3.63, 3.8) is 0 Å². The first-order valence-corrected chi connectivity index (χ1v) is 27.5. The molecule has 2 heteroatoms. The molecule has 12 rings (SSSR count). The molecule has 0 aliphatic rings. The first-order valence-electron chi connectivity index (χ1n) is 27.5. The van der Waals surface area contributed by atoms with Crippen LogP contribution in [0.5, 0.6) is 0 Å². The largest absolute Gasteiger partial charge is 0.309 e. The molecule has 0 saturated heterocycles. The van der Waals surface area contributed by atoms with Crippen LogP contribution in [-0.4, -0.2) is 9.13 Å². The SMILES string of the molecule is C=C/C(C)=C(\C=C/C)c1ccc2c(c1)c1cc(-c3ccccc3)ccc1n2-c1cccc(-c2cccc(-n3c4ccc(-c5ccccc5)cc4c4cc(-c5ccccc5)ccc43)c2)c1.Cc1ccc(C(C)(C)C)cc1C(C)C. The van der Waals surface area contributed by atoms with Crippen LogP contribution < -0.4 is 0 Å². The van der Waals surface area contributed by atoms with Crippen LogP contribution in [-0.2, 0) is 5.41 Å². The Morgan fingerprint density at radius 2 is 0.833 bits per heavy atom. The van der Waals surface area contributed by atoms with Crippen molar-refractivity contribution in [2.24, 2.45) is 0 Å². The Balaban J connectivity index is 0.000000404. The van der Waals surface area contributed by atoms with Gasteiger partial charge in [-0.2, -0.15) is 0 Å². The second-order valence-corrected chi connectivity index (χ2v) is 22.1. The normalized spacial score (nSPS) is 12.2. The fraction of sp³-hybridized carbons (Fsp3) is 0.132. The molecule has 0 bridgehead atoms. The highest BCUT2D eigenvalue weighted by atomic mass is 15.0. The Kier molecular flexibility index (Phi) is 14.1. The minimum atomic E-state index is 0.261. The average Bonchev–Trinajstić information content (AvgIpc) is 4.09. The van der Waals surface area contributed by atoms with E-state index < -0.39 is 0 Å². The van der Waals surface area contributed by atoms with Crippen molar-refractivity contribution in [2.75, 3.05) is 0 Å². The highest BCUT2D eigenvalue weighted by Gasteiger charge is 2.19. The summed E-state index contributed by atoms with van der Waals surface area (Å²) in [5, 5.41) is 4.91. The number of fused-ring (bicyclic) bond motifs is 6. The molecule has 0 N–H and O–H groups in total. The molecule has 78 heavy (non-hydrogen) atoms. The number of aryl methyl sites for hydroxylation is 1. The molecule has 0 amide bonds. The second kappa shape index (κ2) is 21.6. The number of benzene rings is 10. The number of allylic oxidation sites excluding steroid dienone is 5. The van der Waals surface area contributed by atoms with Crippen LogP contribution in [0.4, 0.5) is 0 Å². The molecule has 12 aromatic rings. The summed E-state index contributed by atoms with van der Waals surface area (Å²) < 4.78 is 4.86. The quantitative estimate of drug-likeness (QED) is 0.121. The molecule has 0 radical (unpaired) electrons. The summed E-state index contributed by atoms with van der Waals surface area (Å²) in [6.45, 7) is 21.8. The van der Waals surface area contributed by atoms with Gasteiger partial charge in [-0.05, 0) is 183 Å². The maximum absolute atomic E-state index is 4.10. The summed E-state index contributed by atoms with van der Waals surface area (Å²) in [6, 6.07) is 84.5. The third-order valence-corrected chi connectivity index (χ3v) is 15.5. The number of hydrogen-bond donors (Lipinski definition) is 0. The summed E-state index contributed by atoms with van der Waals surface area (Å²) in [5.41, 5.74) is 24.6. The van der Waals surface area contributed by atoms with Crippen molar-refractivity contribution in [2.45, 2.75) is 66.7 Å². The van der Waals surface area contributed by atoms with Crippen LogP contribution in [0.15, 0.2) is 261 Å². The highest BCUT2D eigenvalue weighted by Crippen LogP contribution is 2.41.